The number of carbonyl (C=O) groups excluding carboxylic acids is 1. The highest BCUT2D eigenvalue weighted by Gasteiger charge is 2.30. The van der Waals surface area contributed by atoms with E-state index in [9.17, 15) is 13.2 Å². The Hall–Kier alpha value is -1.60. The second-order valence-corrected chi connectivity index (χ2v) is 7.51. The topological polar surface area (TPSA) is 75.7 Å². The Morgan fingerprint density at radius 2 is 2.14 bits per heavy atom. The van der Waals surface area contributed by atoms with Crippen molar-refractivity contribution < 1.29 is 17.9 Å². The molecular formula is C14H18N2O4S. The van der Waals surface area contributed by atoms with E-state index >= 15 is 0 Å². The number of hydrogen-bond acceptors (Lipinski definition) is 4. The molecule has 1 saturated carbocycles. The summed E-state index contributed by atoms with van der Waals surface area (Å²) in [7, 11) is -3.27. The van der Waals surface area contributed by atoms with Gasteiger partial charge in [0.1, 0.15) is 12.4 Å². The lowest BCUT2D eigenvalue weighted by atomic mass is 10.1. The van der Waals surface area contributed by atoms with E-state index in [0.29, 0.717) is 24.6 Å². The molecule has 1 aromatic carbocycles. The molecule has 7 heteroatoms. The zero-order valence-corrected chi connectivity index (χ0v) is 12.6. The Labute approximate surface area is 124 Å². The summed E-state index contributed by atoms with van der Waals surface area (Å²) in [5, 5.41) is 2.87. The van der Waals surface area contributed by atoms with Crippen LogP contribution >= 0.6 is 0 Å². The maximum atomic E-state index is 11.8. The third-order valence-corrected chi connectivity index (χ3v) is 4.94. The van der Waals surface area contributed by atoms with Crippen molar-refractivity contribution in [3.63, 3.8) is 0 Å². The summed E-state index contributed by atoms with van der Waals surface area (Å²) in [6, 6.07) is 5.36. The van der Waals surface area contributed by atoms with Crippen LogP contribution in [-0.2, 0) is 21.4 Å². The van der Waals surface area contributed by atoms with Crippen molar-refractivity contribution in [2.45, 2.75) is 19.4 Å². The maximum absolute atomic E-state index is 11.8. The van der Waals surface area contributed by atoms with E-state index in [-0.39, 0.29) is 18.4 Å². The molecule has 1 amide bonds. The van der Waals surface area contributed by atoms with Gasteiger partial charge >= 0.3 is 0 Å². The van der Waals surface area contributed by atoms with Crippen molar-refractivity contribution in [3.8, 4) is 5.75 Å². The molecule has 1 fully saturated rings. The predicted octanol–water partition coefficient (Wildman–Crippen LogP) is 1.19. The van der Waals surface area contributed by atoms with Crippen LogP contribution < -0.4 is 10.1 Å². The van der Waals surface area contributed by atoms with Gasteiger partial charge in [0.15, 0.2) is 0 Å². The average Bonchev–Trinajstić information content (AvgIpc) is 3.23. The van der Waals surface area contributed by atoms with Gasteiger partial charge in [-0.3, -0.25) is 4.79 Å². The predicted molar refractivity (Wildman–Crippen MR) is 78.5 cm³/mol. The first kappa shape index (κ1) is 14.3. The lowest BCUT2D eigenvalue weighted by molar-refractivity contribution is -0.117. The molecule has 2 aliphatic rings. The Morgan fingerprint density at radius 3 is 2.81 bits per heavy atom. The largest absolute Gasteiger partial charge is 0.492 e. The van der Waals surface area contributed by atoms with Gasteiger partial charge < -0.3 is 10.1 Å². The Bertz CT molecular complexity index is 668. The summed E-state index contributed by atoms with van der Waals surface area (Å²) in [6.45, 7) is 0.923. The quantitative estimate of drug-likeness (QED) is 0.910. The normalized spacial score (nSPS) is 19.3. The second kappa shape index (κ2) is 5.31. The minimum atomic E-state index is -3.27. The van der Waals surface area contributed by atoms with Gasteiger partial charge in [0.2, 0.25) is 15.9 Å². The lowest BCUT2D eigenvalue weighted by Crippen LogP contribution is -2.31. The zero-order valence-electron chi connectivity index (χ0n) is 11.8. The molecule has 0 saturated heterocycles. The molecule has 0 spiro atoms. The van der Waals surface area contributed by atoms with Crippen molar-refractivity contribution in [1.82, 2.24) is 4.31 Å². The number of benzene rings is 1. The maximum Gasteiger partial charge on any atom is 0.227 e. The Balaban J connectivity index is 1.82. The minimum absolute atomic E-state index is 0.0319. The molecule has 3 rings (SSSR count). The molecule has 1 N–H and O–H groups in total. The smallest absolute Gasteiger partial charge is 0.227 e. The number of hydrogen-bond donors (Lipinski definition) is 1. The van der Waals surface area contributed by atoms with Crippen molar-refractivity contribution in [2.75, 3.05) is 24.7 Å². The number of anilines is 1. The first-order valence-corrected chi connectivity index (χ1v) is 8.80. The van der Waals surface area contributed by atoms with Gasteiger partial charge in [-0.2, -0.15) is 4.31 Å². The first-order valence-electron chi connectivity index (χ1n) is 6.95. The highest BCUT2D eigenvalue weighted by molar-refractivity contribution is 7.88. The van der Waals surface area contributed by atoms with Crippen molar-refractivity contribution >= 4 is 21.6 Å². The Morgan fingerprint density at radius 1 is 1.38 bits per heavy atom. The van der Waals surface area contributed by atoms with Crippen molar-refractivity contribution in [2.24, 2.45) is 5.92 Å². The molecule has 0 aromatic heterocycles. The van der Waals surface area contributed by atoms with Gasteiger partial charge in [0, 0.05) is 30.3 Å². The third-order valence-electron chi connectivity index (χ3n) is 3.69. The molecule has 21 heavy (non-hydrogen) atoms. The summed E-state index contributed by atoms with van der Waals surface area (Å²) in [5.74, 6) is 0.836. The van der Waals surface area contributed by atoms with Crippen LogP contribution in [0.2, 0.25) is 0 Å². The van der Waals surface area contributed by atoms with Crippen LogP contribution in [0.5, 0.6) is 5.75 Å². The lowest BCUT2D eigenvalue weighted by Gasteiger charge is -2.16. The van der Waals surface area contributed by atoms with Gasteiger partial charge in [-0.15, -0.1) is 0 Å². The minimum Gasteiger partial charge on any atom is -0.492 e. The Kier molecular flexibility index (Phi) is 3.62. The SMILES string of the molecule is CS(=O)(=O)N1CCOc2ccc(NC(=O)C3CC3)cc2C1. The van der Waals surface area contributed by atoms with E-state index in [4.69, 9.17) is 4.74 Å². The first-order chi connectivity index (χ1) is 9.93. The molecule has 0 radical (unpaired) electrons. The van der Waals surface area contributed by atoms with Crippen LogP contribution in [-0.4, -0.2) is 38.0 Å². The molecule has 1 heterocycles. The molecule has 6 nitrogen and oxygen atoms in total. The summed E-state index contributed by atoms with van der Waals surface area (Å²) in [4.78, 5) is 11.8. The fourth-order valence-corrected chi connectivity index (χ4v) is 3.10. The van der Waals surface area contributed by atoms with Crippen LogP contribution in [0.4, 0.5) is 5.69 Å². The molecule has 114 valence electrons. The molecule has 1 aliphatic carbocycles. The van der Waals surface area contributed by atoms with Crippen LogP contribution in [0.3, 0.4) is 0 Å². The monoisotopic (exact) mass is 310 g/mol. The van der Waals surface area contributed by atoms with Gasteiger partial charge in [0.05, 0.1) is 6.26 Å². The number of carbonyl (C=O) groups is 1. The number of nitrogens with zero attached hydrogens (tertiary/aromatic N) is 1. The van der Waals surface area contributed by atoms with Crippen LogP contribution in [0, 0.1) is 5.92 Å². The summed E-state index contributed by atoms with van der Waals surface area (Å²) < 4.78 is 30.4. The third kappa shape index (κ3) is 3.36. The summed E-state index contributed by atoms with van der Waals surface area (Å²) in [6.07, 6.45) is 3.08. The van der Waals surface area contributed by atoms with Crippen LogP contribution in [0.25, 0.3) is 0 Å². The van der Waals surface area contributed by atoms with Gasteiger partial charge in [-0.1, -0.05) is 0 Å². The van der Waals surface area contributed by atoms with Crippen LogP contribution in [0.1, 0.15) is 18.4 Å². The van der Waals surface area contributed by atoms with Gasteiger partial charge in [-0.05, 0) is 31.0 Å². The van der Waals surface area contributed by atoms with Crippen molar-refractivity contribution in [3.05, 3.63) is 23.8 Å². The van der Waals surface area contributed by atoms with E-state index in [2.05, 4.69) is 5.32 Å². The van der Waals surface area contributed by atoms with Crippen LogP contribution in [0.15, 0.2) is 18.2 Å². The highest BCUT2D eigenvalue weighted by Crippen LogP contribution is 2.31. The van der Waals surface area contributed by atoms with E-state index < -0.39 is 10.0 Å². The van der Waals surface area contributed by atoms with E-state index in [1.54, 1.807) is 18.2 Å². The fraction of sp³-hybridized carbons (Fsp3) is 0.500. The molecule has 0 bridgehead atoms. The molecule has 0 unspecified atom stereocenters. The highest BCUT2D eigenvalue weighted by atomic mass is 32.2. The molecule has 1 aromatic rings. The summed E-state index contributed by atoms with van der Waals surface area (Å²) in [5.41, 5.74) is 1.45. The van der Waals surface area contributed by atoms with Gasteiger partial charge in [-0.25, -0.2) is 8.42 Å². The van der Waals surface area contributed by atoms with Crippen molar-refractivity contribution in [1.29, 1.82) is 0 Å². The number of ether oxygens (including phenoxy) is 1. The van der Waals surface area contributed by atoms with Gasteiger partial charge in [0.25, 0.3) is 0 Å². The number of rotatable bonds is 3. The number of sulfonamides is 1. The van der Waals surface area contributed by atoms with E-state index in [1.165, 1.54) is 10.6 Å². The number of nitrogens with one attached hydrogen (secondary N) is 1. The fourth-order valence-electron chi connectivity index (χ4n) is 2.32. The van der Waals surface area contributed by atoms with E-state index in [0.717, 1.165) is 18.4 Å². The second-order valence-electron chi connectivity index (χ2n) is 5.53. The standard InChI is InChI=1S/C14H18N2O4S/c1-21(18,19)16-6-7-20-13-5-4-12(8-11(13)9-16)15-14(17)10-2-3-10/h4-5,8,10H,2-3,6-7,9H2,1H3,(H,15,17). The number of amides is 1. The molecule has 1 aliphatic heterocycles. The number of fused-ring (bicyclic) bond motifs is 1. The average molecular weight is 310 g/mol. The van der Waals surface area contributed by atoms with E-state index in [1.807, 2.05) is 0 Å². The molecular weight excluding hydrogens is 292 g/mol. The molecule has 0 atom stereocenters. The summed E-state index contributed by atoms with van der Waals surface area (Å²) >= 11 is 0. The zero-order chi connectivity index (χ0) is 15.0.